The summed E-state index contributed by atoms with van der Waals surface area (Å²) in [5, 5.41) is 6.70. The van der Waals surface area contributed by atoms with E-state index in [1.54, 1.807) is 7.05 Å². The molecule has 3 aromatic rings. The van der Waals surface area contributed by atoms with Gasteiger partial charge in [-0.3, -0.25) is 4.99 Å². The molecule has 0 fully saturated rings. The Bertz CT molecular complexity index is 1000. The van der Waals surface area contributed by atoms with Crippen LogP contribution in [0.1, 0.15) is 16.8 Å². The van der Waals surface area contributed by atoms with E-state index >= 15 is 0 Å². The Balaban J connectivity index is 0.00000240. The lowest BCUT2D eigenvalue weighted by molar-refractivity contribution is 0.174. The van der Waals surface area contributed by atoms with Crippen molar-refractivity contribution in [1.82, 2.24) is 20.0 Å². The number of fused-ring (bicyclic) bond motifs is 2. The van der Waals surface area contributed by atoms with E-state index in [1.807, 2.05) is 24.4 Å². The molecule has 1 aliphatic heterocycles. The van der Waals surface area contributed by atoms with Gasteiger partial charge in [-0.2, -0.15) is 0 Å². The minimum Gasteiger partial charge on any atom is -0.454 e. The first-order valence-electron chi connectivity index (χ1n) is 9.49. The van der Waals surface area contributed by atoms with E-state index in [2.05, 4.69) is 45.3 Å². The molecule has 8 heteroatoms. The maximum atomic E-state index is 5.43. The number of halogens is 1. The highest BCUT2D eigenvalue weighted by atomic mass is 127. The Morgan fingerprint density at radius 1 is 1.14 bits per heavy atom. The van der Waals surface area contributed by atoms with Gasteiger partial charge in [0.05, 0.1) is 5.69 Å². The monoisotopic (exact) mass is 507 g/mol. The van der Waals surface area contributed by atoms with Gasteiger partial charge in [-0.1, -0.05) is 12.1 Å². The Morgan fingerprint density at radius 3 is 2.72 bits per heavy atom. The molecular formula is C21H26IN5O2. The van der Waals surface area contributed by atoms with Crippen LogP contribution in [-0.2, 0) is 12.8 Å². The van der Waals surface area contributed by atoms with E-state index in [-0.39, 0.29) is 24.0 Å². The van der Waals surface area contributed by atoms with Gasteiger partial charge in [0.15, 0.2) is 17.5 Å². The van der Waals surface area contributed by atoms with Crippen molar-refractivity contribution in [3.05, 3.63) is 59.5 Å². The zero-order valence-electron chi connectivity index (χ0n) is 16.6. The van der Waals surface area contributed by atoms with Crippen LogP contribution in [0.4, 0.5) is 0 Å². The number of ether oxygens (including phenoxy) is 2. The Labute approximate surface area is 187 Å². The third-order valence-electron chi connectivity index (χ3n) is 4.77. The highest BCUT2D eigenvalue weighted by molar-refractivity contribution is 14.0. The number of guanidine groups is 1. The van der Waals surface area contributed by atoms with E-state index in [0.717, 1.165) is 54.7 Å². The largest absolute Gasteiger partial charge is 0.454 e. The van der Waals surface area contributed by atoms with E-state index in [9.17, 15) is 0 Å². The molecule has 1 aliphatic rings. The second-order valence-corrected chi connectivity index (χ2v) is 6.77. The molecule has 0 amide bonds. The third-order valence-corrected chi connectivity index (χ3v) is 4.77. The lowest BCUT2D eigenvalue weighted by atomic mass is 10.1. The van der Waals surface area contributed by atoms with Crippen molar-refractivity contribution in [3.8, 4) is 11.5 Å². The number of rotatable bonds is 6. The first-order chi connectivity index (χ1) is 13.7. The number of aryl methyl sites for hydroxylation is 1. The fourth-order valence-electron chi connectivity index (χ4n) is 3.28. The highest BCUT2D eigenvalue weighted by Gasteiger charge is 2.13. The predicted molar refractivity (Wildman–Crippen MR) is 125 cm³/mol. The molecule has 0 unspecified atom stereocenters. The standard InChI is InChI=1S/C21H25N5O2.HI/c1-15-4-3-11-26-13-17(25-20(15)26)8-10-24-21(22-2)23-9-7-16-5-6-18-19(12-16)28-14-27-18;/h3-6,11-13H,7-10,14H2,1-2H3,(H2,22,23,24);1H. The number of nitrogens with one attached hydrogen (secondary N) is 2. The maximum absolute atomic E-state index is 5.43. The average molecular weight is 507 g/mol. The summed E-state index contributed by atoms with van der Waals surface area (Å²) in [5.74, 6) is 2.43. The Hall–Kier alpha value is -2.49. The summed E-state index contributed by atoms with van der Waals surface area (Å²) in [6, 6.07) is 10.2. The summed E-state index contributed by atoms with van der Waals surface area (Å²) in [6.45, 7) is 3.94. The molecule has 1 aromatic carbocycles. The summed E-state index contributed by atoms with van der Waals surface area (Å²) in [5.41, 5.74) is 4.47. The summed E-state index contributed by atoms with van der Waals surface area (Å²) >= 11 is 0. The van der Waals surface area contributed by atoms with Crippen molar-refractivity contribution < 1.29 is 9.47 Å². The van der Waals surface area contributed by atoms with Crippen LogP contribution >= 0.6 is 24.0 Å². The normalized spacial score (nSPS) is 12.7. The quantitative estimate of drug-likeness (QED) is 0.305. The van der Waals surface area contributed by atoms with Crippen LogP contribution in [0.15, 0.2) is 47.7 Å². The van der Waals surface area contributed by atoms with E-state index < -0.39 is 0 Å². The van der Waals surface area contributed by atoms with Crippen LogP contribution < -0.4 is 20.1 Å². The molecule has 3 heterocycles. The van der Waals surface area contributed by atoms with Crippen LogP contribution in [0.5, 0.6) is 11.5 Å². The number of benzene rings is 1. The molecule has 0 spiro atoms. The van der Waals surface area contributed by atoms with Gasteiger partial charge < -0.3 is 24.5 Å². The molecule has 0 bridgehead atoms. The van der Waals surface area contributed by atoms with Crippen molar-refractivity contribution in [3.63, 3.8) is 0 Å². The molecule has 2 N–H and O–H groups in total. The minimum absolute atomic E-state index is 0. The molecule has 4 rings (SSSR count). The molecule has 0 aliphatic carbocycles. The van der Waals surface area contributed by atoms with Gasteiger partial charge in [-0.25, -0.2) is 4.98 Å². The number of aliphatic imine (C=N–C) groups is 1. The van der Waals surface area contributed by atoms with Gasteiger partial charge >= 0.3 is 0 Å². The topological polar surface area (TPSA) is 72.2 Å². The van der Waals surface area contributed by atoms with E-state index in [1.165, 1.54) is 11.1 Å². The molecule has 29 heavy (non-hydrogen) atoms. The van der Waals surface area contributed by atoms with Gasteiger partial charge in [0.25, 0.3) is 0 Å². The summed E-state index contributed by atoms with van der Waals surface area (Å²) in [6.07, 6.45) is 5.83. The lowest BCUT2D eigenvalue weighted by Crippen LogP contribution is -2.39. The lowest BCUT2D eigenvalue weighted by Gasteiger charge is -2.11. The van der Waals surface area contributed by atoms with E-state index in [0.29, 0.717) is 6.79 Å². The van der Waals surface area contributed by atoms with Crippen molar-refractivity contribution in [1.29, 1.82) is 0 Å². The molecule has 154 valence electrons. The molecule has 0 atom stereocenters. The van der Waals surface area contributed by atoms with Crippen molar-refractivity contribution in [2.24, 2.45) is 4.99 Å². The van der Waals surface area contributed by atoms with Crippen LogP contribution in [-0.4, -0.2) is 42.3 Å². The average Bonchev–Trinajstić information content (AvgIpc) is 3.33. The zero-order valence-corrected chi connectivity index (χ0v) is 19.0. The highest BCUT2D eigenvalue weighted by Crippen LogP contribution is 2.32. The Morgan fingerprint density at radius 2 is 1.93 bits per heavy atom. The van der Waals surface area contributed by atoms with Gasteiger partial charge in [0.1, 0.15) is 5.65 Å². The second kappa shape index (κ2) is 9.82. The predicted octanol–water partition coefficient (Wildman–Crippen LogP) is 2.94. The fraction of sp³-hybridized carbons (Fsp3) is 0.333. The zero-order chi connectivity index (χ0) is 19.3. The molecule has 0 radical (unpaired) electrons. The molecule has 0 saturated carbocycles. The molecule has 7 nitrogen and oxygen atoms in total. The number of hydrogen-bond donors (Lipinski definition) is 2. The number of hydrogen-bond acceptors (Lipinski definition) is 4. The van der Waals surface area contributed by atoms with Crippen LogP contribution in [0.3, 0.4) is 0 Å². The first kappa shape index (κ1) is 21.2. The fourth-order valence-corrected chi connectivity index (χ4v) is 3.28. The van der Waals surface area contributed by atoms with E-state index in [4.69, 9.17) is 14.5 Å². The summed E-state index contributed by atoms with van der Waals surface area (Å²) < 4.78 is 12.8. The first-order valence-corrected chi connectivity index (χ1v) is 9.49. The minimum atomic E-state index is 0. The summed E-state index contributed by atoms with van der Waals surface area (Å²) in [4.78, 5) is 9.00. The number of imidazole rings is 1. The third kappa shape index (κ3) is 5.11. The van der Waals surface area contributed by atoms with Crippen LogP contribution in [0.2, 0.25) is 0 Å². The second-order valence-electron chi connectivity index (χ2n) is 6.77. The Kier molecular flexibility index (Phi) is 7.18. The number of aromatic nitrogens is 2. The molecular weight excluding hydrogens is 481 g/mol. The van der Waals surface area contributed by atoms with Crippen LogP contribution in [0.25, 0.3) is 5.65 Å². The maximum Gasteiger partial charge on any atom is 0.231 e. The van der Waals surface area contributed by atoms with Crippen LogP contribution in [0, 0.1) is 6.92 Å². The molecule has 0 saturated heterocycles. The van der Waals surface area contributed by atoms with Gasteiger partial charge in [-0.15, -0.1) is 24.0 Å². The van der Waals surface area contributed by atoms with Crippen molar-refractivity contribution >= 4 is 35.6 Å². The van der Waals surface area contributed by atoms with Gasteiger partial charge in [-0.05, 0) is 42.7 Å². The number of nitrogens with zero attached hydrogens (tertiary/aromatic N) is 3. The molecule has 2 aromatic heterocycles. The van der Waals surface area contributed by atoms with Crippen molar-refractivity contribution in [2.75, 3.05) is 26.9 Å². The van der Waals surface area contributed by atoms with Gasteiger partial charge in [0.2, 0.25) is 6.79 Å². The van der Waals surface area contributed by atoms with Crippen molar-refractivity contribution in [2.45, 2.75) is 19.8 Å². The smallest absolute Gasteiger partial charge is 0.231 e. The number of pyridine rings is 1. The summed E-state index contributed by atoms with van der Waals surface area (Å²) in [7, 11) is 1.78. The SMILES string of the molecule is CN=C(NCCc1ccc2c(c1)OCO2)NCCc1cn2cccc(C)c2n1.I. The van der Waals surface area contributed by atoms with Gasteiger partial charge in [0, 0.05) is 39.0 Å².